The van der Waals surface area contributed by atoms with Gasteiger partial charge in [-0.2, -0.15) is 0 Å². The maximum absolute atomic E-state index is 12.3. The van der Waals surface area contributed by atoms with E-state index in [0.717, 1.165) is 5.56 Å². The zero-order chi connectivity index (χ0) is 18.6. The summed E-state index contributed by atoms with van der Waals surface area (Å²) in [5, 5.41) is 3.56. The molecule has 2 N–H and O–H groups in total. The minimum Gasteiger partial charge on any atom is -0.325 e. The van der Waals surface area contributed by atoms with Crippen molar-refractivity contribution in [2.24, 2.45) is 0 Å². The first-order valence-corrected chi connectivity index (χ1v) is 9.75. The quantitative estimate of drug-likeness (QED) is 0.771. The minimum absolute atomic E-state index is 0.0178. The fourth-order valence-electron chi connectivity index (χ4n) is 2.23. The molecule has 2 rings (SSSR count). The van der Waals surface area contributed by atoms with Gasteiger partial charge in [-0.15, -0.1) is 0 Å². The van der Waals surface area contributed by atoms with Crippen molar-refractivity contribution in [3.63, 3.8) is 0 Å². The van der Waals surface area contributed by atoms with Crippen LogP contribution in [0.1, 0.15) is 17.5 Å². The van der Waals surface area contributed by atoms with Crippen LogP contribution in [-0.2, 0) is 14.8 Å². The maximum Gasteiger partial charge on any atom is 0.240 e. The van der Waals surface area contributed by atoms with Gasteiger partial charge in [0.2, 0.25) is 15.9 Å². The van der Waals surface area contributed by atoms with Gasteiger partial charge in [-0.3, -0.25) is 4.79 Å². The molecule has 0 aliphatic carbocycles. The molecule has 1 amide bonds. The second kappa shape index (κ2) is 8.19. The minimum atomic E-state index is -3.70. The molecule has 134 valence electrons. The van der Waals surface area contributed by atoms with Crippen molar-refractivity contribution in [2.75, 3.05) is 11.9 Å². The number of nitrogens with one attached hydrogen (secondary N) is 2. The molecule has 0 aliphatic rings. The number of amides is 1. The van der Waals surface area contributed by atoms with E-state index in [1.54, 1.807) is 25.1 Å². The predicted molar refractivity (Wildman–Crippen MR) is 101 cm³/mol. The van der Waals surface area contributed by atoms with Crippen molar-refractivity contribution in [1.29, 1.82) is 0 Å². The lowest BCUT2D eigenvalue weighted by atomic mass is 10.2. The molecule has 0 aromatic heterocycles. The molecule has 5 nitrogen and oxygen atoms in total. The molecule has 0 saturated heterocycles. The van der Waals surface area contributed by atoms with Crippen LogP contribution in [0.3, 0.4) is 0 Å². The Balaban J connectivity index is 1.94. The molecule has 0 bridgehead atoms. The standard InChI is InChI=1S/C17H18Cl2N2O3S/c1-11-3-5-15(14(19)9-11)21-17(22)7-8-20-25(23,24)16-6-4-13(18)10-12(16)2/h3-6,9-10,20H,7-8H2,1-2H3,(H,21,22). The number of hydrogen-bond donors (Lipinski definition) is 2. The summed E-state index contributed by atoms with van der Waals surface area (Å²) < 4.78 is 27.0. The van der Waals surface area contributed by atoms with Gasteiger partial charge in [-0.05, 0) is 55.3 Å². The van der Waals surface area contributed by atoms with Crippen molar-refractivity contribution in [1.82, 2.24) is 4.72 Å². The van der Waals surface area contributed by atoms with E-state index in [9.17, 15) is 13.2 Å². The molecule has 25 heavy (non-hydrogen) atoms. The van der Waals surface area contributed by atoms with Crippen molar-refractivity contribution >= 4 is 44.8 Å². The predicted octanol–water partition coefficient (Wildman–Crippen LogP) is 3.92. The topological polar surface area (TPSA) is 75.3 Å². The third-order valence-corrected chi connectivity index (χ3v) is 5.64. The van der Waals surface area contributed by atoms with Gasteiger partial charge in [-0.25, -0.2) is 13.1 Å². The molecule has 0 aliphatic heterocycles. The second-order valence-corrected chi connectivity index (χ2v) is 8.17. The molecule has 0 heterocycles. The lowest BCUT2D eigenvalue weighted by molar-refractivity contribution is -0.116. The van der Waals surface area contributed by atoms with Crippen molar-refractivity contribution in [3.8, 4) is 0 Å². The molecule has 2 aromatic carbocycles. The molecule has 0 saturated carbocycles. The van der Waals surface area contributed by atoms with Gasteiger partial charge in [-0.1, -0.05) is 29.3 Å². The van der Waals surface area contributed by atoms with E-state index < -0.39 is 10.0 Å². The monoisotopic (exact) mass is 400 g/mol. The largest absolute Gasteiger partial charge is 0.325 e. The van der Waals surface area contributed by atoms with Crippen molar-refractivity contribution in [3.05, 3.63) is 57.6 Å². The van der Waals surface area contributed by atoms with E-state index in [4.69, 9.17) is 23.2 Å². The molecule has 8 heteroatoms. The Hall–Kier alpha value is -1.60. The van der Waals surface area contributed by atoms with Crippen molar-refractivity contribution in [2.45, 2.75) is 25.2 Å². The summed E-state index contributed by atoms with van der Waals surface area (Å²) in [5.41, 5.74) is 2.01. The third kappa shape index (κ3) is 5.44. The van der Waals surface area contributed by atoms with Gasteiger partial charge in [0.15, 0.2) is 0 Å². The van der Waals surface area contributed by atoms with Crippen LogP contribution < -0.4 is 10.0 Å². The first-order chi connectivity index (χ1) is 11.7. The number of aryl methyl sites for hydroxylation is 2. The molecule has 0 fully saturated rings. The summed E-state index contributed by atoms with van der Waals surface area (Å²) in [6, 6.07) is 9.79. The van der Waals surface area contributed by atoms with E-state index in [1.165, 1.54) is 12.1 Å². The lowest BCUT2D eigenvalue weighted by Crippen LogP contribution is -2.28. The molecule has 0 radical (unpaired) electrons. The second-order valence-electron chi connectivity index (χ2n) is 5.59. The van der Waals surface area contributed by atoms with Gasteiger partial charge in [0.1, 0.15) is 0 Å². The van der Waals surface area contributed by atoms with E-state index in [1.807, 2.05) is 13.0 Å². The summed E-state index contributed by atoms with van der Waals surface area (Å²) in [4.78, 5) is 12.1. The Morgan fingerprint density at radius 2 is 1.80 bits per heavy atom. The maximum atomic E-state index is 12.3. The SMILES string of the molecule is Cc1ccc(NC(=O)CCNS(=O)(=O)c2ccc(Cl)cc2C)c(Cl)c1. The number of carbonyl (C=O) groups excluding carboxylic acids is 1. The van der Waals surface area contributed by atoms with Crippen LogP contribution in [0.5, 0.6) is 0 Å². The lowest BCUT2D eigenvalue weighted by Gasteiger charge is -2.10. The van der Waals surface area contributed by atoms with Crippen LogP contribution in [0, 0.1) is 13.8 Å². The van der Waals surface area contributed by atoms with E-state index >= 15 is 0 Å². The number of carbonyl (C=O) groups is 1. The summed E-state index contributed by atoms with van der Waals surface area (Å²) >= 11 is 11.9. The van der Waals surface area contributed by atoms with Crippen LogP contribution in [0.4, 0.5) is 5.69 Å². The van der Waals surface area contributed by atoms with Crippen LogP contribution in [0.15, 0.2) is 41.3 Å². The molecular formula is C17H18Cl2N2O3S. The average Bonchev–Trinajstić information content (AvgIpc) is 2.49. The van der Waals surface area contributed by atoms with Gasteiger partial charge >= 0.3 is 0 Å². The average molecular weight is 401 g/mol. The number of sulfonamides is 1. The molecule has 0 spiro atoms. The molecule has 0 unspecified atom stereocenters. The normalized spacial score (nSPS) is 11.4. The number of hydrogen-bond acceptors (Lipinski definition) is 3. The summed E-state index contributed by atoms with van der Waals surface area (Å²) in [5.74, 6) is -0.332. The Kier molecular flexibility index (Phi) is 6.46. The zero-order valence-corrected chi connectivity index (χ0v) is 16.1. The van der Waals surface area contributed by atoms with E-state index in [2.05, 4.69) is 10.0 Å². The zero-order valence-electron chi connectivity index (χ0n) is 13.8. The van der Waals surface area contributed by atoms with Crippen LogP contribution in [0.25, 0.3) is 0 Å². The number of halogens is 2. The Labute approximate surface area is 157 Å². The van der Waals surface area contributed by atoms with Gasteiger partial charge < -0.3 is 5.32 Å². The Morgan fingerprint density at radius 3 is 2.44 bits per heavy atom. The molecular weight excluding hydrogens is 383 g/mol. The number of anilines is 1. The van der Waals surface area contributed by atoms with E-state index in [-0.39, 0.29) is 23.8 Å². The smallest absolute Gasteiger partial charge is 0.240 e. The Bertz CT molecular complexity index is 899. The first kappa shape index (κ1) is 19.7. The Morgan fingerprint density at radius 1 is 1.08 bits per heavy atom. The molecule has 0 atom stereocenters. The van der Waals surface area contributed by atoms with E-state index in [0.29, 0.717) is 21.3 Å². The highest BCUT2D eigenvalue weighted by molar-refractivity contribution is 7.89. The summed E-state index contributed by atoms with van der Waals surface area (Å²) in [7, 11) is -3.70. The summed E-state index contributed by atoms with van der Waals surface area (Å²) in [6.45, 7) is 3.53. The fourth-order valence-corrected chi connectivity index (χ4v) is 3.99. The first-order valence-electron chi connectivity index (χ1n) is 7.51. The number of rotatable bonds is 6. The third-order valence-electron chi connectivity index (χ3n) is 3.47. The van der Waals surface area contributed by atoms with Gasteiger partial charge in [0, 0.05) is 18.0 Å². The van der Waals surface area contributed by atoms with Crippen LogP contribution >= 0.6 is 23.2 Å². The summed E-state index contributed by atoms with van der Waals surface area (Å²) in [6.07, 6.45) is -0.0178. The van der Waals surface area contributed by atoms with Crippen LogP contribution in [-0.4, -0.2) is 20.9 Å². The fraction of sp³-hybridized carbons (Fsp3) is 0.235. The van der Waals surface area contributed by atoms with Gasteiger partial charge in [0.25, 0.3) is 0 Å². The highest BCUT2D eigenvalue weighted by Gasteiger charge is 2.17. The van der Waals surface area contributed by atoms with Gasteiger partial charge in [0.05, 0.1) is 15.6 Å². The molecule has 2 aromatic rings. The number of benzene rings is 2. The van der Waals surface area contributed by atoms with Crippen molar-refractivity contribution < 1.29 is 13.2 Å². The highest BCUT2D eigenvalue weighted by atomic mass is 35.5. The highest BCUT2D eigenvalue weighted by Crippen LogP contribution is 2.23. The van der Waals surface area contributed by atoms with Crippen LogP contribution in [0.2, 0.25) is 10.0 Å².